The third-order valence-electron chi connectivity index (χ3n) is 5.47. The largest absolute Gasteiger partial charge is 0.360 e. The van der Waals surface area contributed by atoms with Crippen molar-refractivity contribution in [2.75, 3.05) is 27.2 Å². The van der Waals surface area contributed by atoms with Gasteiger partial charge in [-0.2, -0.15) is 4.90 Å². The molecule has 3 fully saturated rings. The number of halogens is 2. The molecule has 0 amide bonds. The van der Waals surface area contributed by atoms with Gasteiger partial charge in [-0.3, -0.25) is 0 Å². The average Bonchev–Trinajstić information content (AvgIpc) is 2.57. The quantitative estimate of drug-likeness (QED) is 0.806. The molecule has 3 aliphatic rings. The Labute approximate surface area is 140 Å². The van der Waals surface area contributed by atoms with E-state index in [1.165, 1.54) is 24.3 Å². The van der Waals surface area contributed by atoms with Crippen LogP contribution in [-0.2, 0) is 10.3 Å². The molecule has 5 rings (SSSR count). The van der Waals surface area contributed by atoms with Crippen molar-refractivity contribution in [3.05, 3.63) is 71.3 Å². The van der Waals surface area contributed by atoms with E-state index in [-0.39, 0.29) is 23.9 Å². The van der Waals surface area contributed by atoms with Gasteiger partial charge < -0.3 is 4.74 Å². The summed E-state index contributed by atoms with van der Waals surface area (Å²) in [6, 6.07) is 13.5. The highest BCUT2D eigenvalue weighted by atomic mass is 19.1. The van der Waals surface area contributed by atoms with Gasteiger partial charge in [0.05, 0.1) is 6.54 Å². The van der Waals surface area contributed by atoms with E-state index < -0.39 is 5.54 Å². The topological polar surface area (TPSA) is 18.4 Å². The minimum atomic E-state index is -0.449. The van der Waals surface area contributed by atoms with E-state index in [0.29, 0.717) is 0 Å². The standard InChI is InChI=1S/C19H20F2N2O/c1-22-12-18(24-2)23-11-17(22)19(23,13-3-7-15(20)8-4-13)14-5-9-16(21)10-6-14/h3-10,17-18H,11-12H2,1-2H3/q+1. The molecule has 3 saturated heterocycles. The molecule has 0 aliphatic carbocycles. The van der Waals surface area contributed by atoms with Gasteiger partial charge in [-0.15, -0.1) is 0 Å². The van der Waals surface area contributed by atoms with E-state index in [9.17, 15) is 8.78 Å². The Kier molecular flexibility index (Phi) is 3.67. The van der Waals surface area contributed by atoms with Crippen LogP contribution in [0.2, 0.25) is 0 Å². The summed E-state index contributed by atoms with van der Waals surface area (Å²) in [7, 11) is 3.78. The van der Waals surface area contributed by atoms with Crippen LogP contribution in [-0.4, -0.2) is 44.4 Å². The molecule has 125 valence electrons. The van der Waals surface area contributed by atoms with Gasteiger partial charge >= 0.3 is 0 Å². The molecule has 3 nitrogen and oxygen atoms in total. The van der Waals surface area contributed by atoms with Crippen LogP contribution in [0, 0.1) is 11.6 Å². The van der Waals surface area contributed by atoms with Crippen molar-refractivity contribution in [3.63, 3.8) is 0 Å². The van der Waals surface area contributed by atoms with Gasteiger partial charge in [0.15, 0.2) is 18.8 Å². The minimum absolute atomic E-state index is 0.0601. The van der Waals surface area contributed by atoms with Gasteiger partial charge in [0.25, 0.3) is 0 Å². The lowest BCUT2D eigenvalue weighted by Crippen LogP contribution is -2.83. The number of fused-ring (bicyclic) bond motifs is 2. The molecule has 2 bridgehead atoms. The summed E-state index contributed by atoms with van der Waals surface area (Å²) in [5.41, 5.74) is 1.55. The van der Waals surface area contributed by atoms with Crippen molar-refractivity contribution >= 4 is 0 Å². The maximum absolute atomic E-state index is 13.5. The monoisotopic (exact) mass is 330 g/mol. The average molecular weight is 330 g/mol. The number of ether oxygens (including phenoxy) is 1. The first kappa shape index (κ1) is 15.7. The molecular formula is C19H20F2N2O+. The SMILES string of the molecule is COC1C[N+](C)C2CN1C2(c1ccc(F)cc1)c1ccc(F)cc1. The van der Waals surface area contributed by atoms with Gasteiger partial charge in [0.2, 0.25) is 0 Å². The predicted molar refractivity (Wildman–Crippen MR) is 87.8 cm³/mol. The van der Waals surface area contributed by atoms with Crippen molar-refractivity contribution < 1.29 is 13.5 Å². The van der Waals surface area contributed by atoms with E-state index >= 15 is 0 Å². The summed E-state index contributed by atoms with van der Waals surface area (Å²) >= 11 is 0. The second-order valence-corrected chi connectivity index (χ2v) is 6.58. The normalized spacial score (nSPS) is 28.4. The number of hydrogen-bond donors (Lipinski definition) is 0. The molecule has 3 heterocycles. The lowest BCUT2D eigenvalue weighted by molar-refractivity contribution is -0.206. The third-order valence-corrected chi connectivity index (χ3v) is 5.47. The van der Waals surface area contributed by atoms with Crippen LogP contribution >= 0.6 is 0 Å². The van der Waals surface area contributed by atoms with E-state index in [2.05, 4.69) is 16.8 Å². The van der Waals surface area contributed by atoms with Gasteiger partial charge in [0.1, 0.15) is 24.2 Å². The number of benzene rings is 2. The van der Waals surface area contributed by atoms with Crippen LogP contribution in [0.5, 0.6) is 0 Å². The molecule has 3 aliphatic heterocycles. The Balaban J connectivity index is 1.90. The Hall–Kier alpha value is -1.82. The lowest BCUT2D eigenvalue weighted by atomic mass is 9.66. The van der Waals surface area contributed by atoms with E-state index in [4.69, 9.17) is 4.74 Å². The molecule has 0 N–H and O–H groups in total. The van der Waals surface area contributed by atoms with Gasteiger partial charge in [-0.25, -0.2) is 13.7 Å². The van der Waals surface area contributed by atoms with E-state index in [1.807, 2.05) is 24.3 Å². The summed E-state index contributed by atoms with van der Waals surface area (Å²) in [6.07, 6.45) is -0.0601. The number of likely N-dealkylation sites (N-methyl/N-ethyl adjacent to an activating group) is 1. The van der Waals surface area contributed by atoms with Crippen LogP contribution in [0.4, 0.5) is 8.78 Å². The van der Waals surface area contributed by atoms with Gasteiger partial charge in [0, 0.05) is 7.11 Å². The smallest absolute Gasteiger partial charge is 0.172 e. The molecule has 0 aromatic heterocycles. The fourth-order valence-electron chi connectivity index (χ4n) is 4.31. The molecule has 3 unspecified atom stereocenters. The van der Waals surface area contributed by atoms with Crippen molar-refractivity contribution in [3.8, 4) is 0 Å². The molecule has 24 heavy (non-hydrogen) atoms. The van der Waals surface area contributed by atoms with Crippen molar-refractivity contribution in [1.29, 1.82) is 0 Å². The molecule has 2 aromatic rings. The fourth-order valence-corrected chi connectivity index (χ4v) is 4.31. The Morgan fingerprint density at radius 3 is 1.92 bits per heavy atom. The molecule has 1 radical (unpaired) electrons. The van der Waals surface area contributed by atoms with Crippen LogP contribution in [0.3, 0.4) is 0 Å². The van der Waals surface area contributed by atoms with Gasteiger partial charge in [-0.05, 0) is 35.4 Å². The number of nitrogens with zero attached hydrogens (tertiary/aromatic N) is 2. The summed E-state index contributed by atoms with van der Waals surface area (Å²) in [5.74, 6) is -0.520. The first-order chi connectivity index (χ1) is 11.6. The number of piperazine rings is 2. The predicted octanol–water partition coefficient (Wildman–Crippen LogP) is 2.65. The lowest BCUT2D eigenvalue weighted by Gasteiger charge is -2.62. The van der Waals surface area contributed by atoms with E-state index in [0.717, 1.165) is 24.2 Å². The number of methoxy groups -OCH3 is 1. The zero-order valence-electron chi connectivity index (χ0n) is 13.7. The molecular weight excluding hydrogens is 310 g/mol. The van der Waals surface area contributed by atoms with Crippen molar-refractivity contribution in [2.24, 2.45) is 0 Å². The molecule has 2 aromatic carbocycles. The minimum Gasteiger partial charge on any atom is -0.360 e. The molecule has 0 saturated carbocycles. The summed E-state index contributed by atoms with van der Waals surface area (Å²) in [4.78, 5) is 4.57. The Bertz CT molecular complexity index is 687. The summed E-state index contributed by atoms with van der Waals surface area (Å²) in [5, 5.41) is 0. The molecule has 0 spiro atoms. The Morgan fingerprint density at radius 1 is 1.00 bits per heavy atom. The maximum atomic E-state index is 13.5. The summed E-state index contributed by atoms with van der Waals surface area (Å²) < 4.78 is 32.6. The van der Waals surface area contributed by atoms with Crippen molar-refractivity contribution in [1.82, 2.24) is 9.80 Å². The highest BCUT2D eigenvalue weighted by Crippen LogP contribution is 2.51. The van der Waals surface area contributed by atoms with Crippen LogP contribution in [0.15, 0.2) is 48.5 Å². The first-order valence-electron chi connectivity index (χ1n) is 8.09. The number of rotatable bonds is 3. The van der Waals surface area contributed by atoms with Crippen LogP contribution in [0.25, 0.3) is 0 Å². The number of hydrogen-bond acceptors (Lipinski definition) is 3. The van der Waals surface area contributed by atoms with E-state index in [1.54, 1.807) is 7.11 Å². The van der Waals surface area contributed by atoms with Gasteiger partial charge in [-0.1, -0.05) is 24.3 Å². The maximum Gasteiger partial charge on any atom is 0.172 e. The van der Waals surface area contributed by atoms with Crippen LogP contribution in [0.1, 0.15) is 11.1 Å². The fraction of sp³-hybridized carbons (Fsp3) is 0.368. The zero-order chi connectivity index (χ0) is 16.9. The highest BCUT2D eigenvalue weighted by Gasteiger charge is 2.68. The molecule has 3 atom stereocenters. The first-order valence-corrected chi connectivity index (χ1v) is 8.09. The summed E-state index contributed by atoms with van der Waals surface area (Å²) in [6.45, 7) is 1.68. The zero-order valence-corrected chi connectivity index (χ0v) is 13.7. The second-order valence-electron chi connectivity index (χ2n) is 6.58. The van der Waals surface area contributed by atoms with Crippen LogP contribution < -0.4 is 4.90 Å². The highest BCUT2D eigenvalue weighted by molar-refractivity contribution is 5.46. The molecule has 5 heteroatoms. The Morgan fingerprint density at radius 2 is 1.50 bits per heavy atom. The third kappa shape index (κ3) is 2.05. The second kappa shape index (κ2) is 5.62. The van der Waals surface area contributed by atoms with Crippen molar-refractivity contribution in [2.45, 2.75) is 17.8 Å².